The van der Waals surface area contributed by atoms with Crippen LogP contribution in [0.3, 0.4) is 0 Å². The zero-order valence-electron chi connectivity index (χ0n) is 13.5. The van der Waals surface area contributed by atoms with E-state index in [0.717, 1.165) is 32.5 Å². The van der Waals surface area contributed by atoms with Crippen LogP contribution in [0.15, 0.2) is 0 Å². The lowest BCUT2D eigenvalue weighted by atomic mass is 9.90. The summed E-state index contributed by atoms with van der Waals surface area (Å²) in [5, 5.41) is 11.7. The molecule has 1 amide bonds. The van der Waals surface area contributed by atoms with Gasteiger partial charge in [0, 0.05) is 0 Å². The van der Waals surface area contributed by atoms with E-state index >= 15 is 0 Å². The maximum atomic E-state index is 11.7. The van der Waals surface area contributed by atoms with Gasteiger partial charge in [-0.1, -0.05) is 6.92 Å². The first-order valence-electron chi connectivity index (χ1n) is 7.66. The highest BCUT2D eigenvalue weighted by Crippen LogP contribution is 2.22. The third-order valence-corrected chi connectivity index (χ3v) is 3.71. The first-order chi connectivity index (χ1) is 9.71. The quantitative estimate of drug-likeness (QED) is 0.813. The van der Waals surface area contributed by atoms with Crippen LogP contribution in [0.2, 0.25) is 0 Å². The fourth-order valence-corrected chi connectivity index (χ4v) is 2.54. The molecule has 1 aliphatic heterocycles. The van der Waals surface area contributed by atoms with Crippen LogP contribution < -0.4 is 5.32 Å². The summed E-state index contributed by atoms with van der Waals surface area (Å²) >= 11 is 0. The number of carboxylic acids is 1. The van der Waals surface area contributed by atoms with Gasteiger partial charge in [-0.15, -0.1) is 0 Å². The largest absolute Gasteiger partial charge is 0.480 e. The van der Waals surface area contributed by atoms with E-state index in [0.29, 0.717) is 12.3 Å². The summed E-state index contributed by atoms with van der Waals surface area (Å²) in [6, 6.07) is -0.877. The Bertz CT molecular complexity index is 357. The number of hydrogen-bond donors (Lipinski definition) is 2. The molecule has 122 valence electrons. The third kappa shape index (κ3) is 6.80. The Hall–Kier alpha value is -1.30. The molecule has 1 aliphatic rings. The van der Waals surface area contributed by atoms with E-state index in [-0.39, 0.29) is 0 Å². The number of ether oxygens (including phenoxy) is 1. The maximum Gasteiger partial charge on any atom is 0.408 e. The van der Waals surface area contributed by atoms with Gasteiger partial charge in [-0.25, -0.2) is 9.59 Å². The van der Waals surface area contributed by atoms with Gasteiger partial charge >= 0.3 is 12.1 Å². The number of carboxylic acid groups (broad SMARTS) is 1. The lowest BCUT2D eigenvalue weighted by Gasteiger charge is -2.32. The number of hydrogen-bond acceptors (Lipinski definition) is 4. The molecule has 1 fully saturated rings. The van der Waals surface area contributed by atoms with Crippen LogP contribution in [0, 0.1) is 5.92 Å². The van der Waals surface area contributed by atoms with Crippen LogP contribution >= 0.6 is 0 Å². The van der Waals surface area contributed by atoms with Crippen molar-refractivity contribution in [3.63, 3.8) is 0 Å². The molecule has 0 saturated carbocycles. The Morgan fingerprint density at radius 3 is 2.33 bits per heavy atom. The Kier molecular flexibility index (Phi) is 6.45. The van der Waals surface area contributed by atoms with E-state index in [1.807, 2.05) is 0 Å². The van der Waals surface area contributed by atoms with Crippen molar-refractivity contribution in [2.24, 2.45) is 5.92 Å². The molecule has 0 aromatic rings. The molecule has 0 aromatic carbocycles. The van der Waals surface area contributed by atoms with E-state index in [1.54, 1.807) is 20.8 Å². The van der Waals surface area contributed by atoms with E-state index in [9.17, 15) is 14.7 Å². The van der Waals surface area contributed by atoms with Gasteiger partial charge in [0.25, 0.3) is 0 Å². The molecule has 0 aromatic heterocycles. The van der Waals surface area contributed by atoms with E-state index in [2.05, 4.69) is 17.1 Å². The summed E-state index contributed by atoms with van der Waals surface area (Å²) in [6.07, 6.45) is 1.76. The SMILES string of the molecule is CCN1CCC(CC(NC(=O)OC(C)(C)C)C(=O)O)CC1. The Morgan fingerprint density at radius 1 is 1.33 bits per heavy atom. The van der Waals surface area contributed by atoms with Crippen LogP contribution in [-0.2, 0) is 9.53 Å². The van der Waals surface area contributed by atoms with Crippen LogP contribution in [0.4, 0.5) is 4.79 Å². The second kappa shape index (κ2) is 7.64. The number of piperidine rings is 1. The molecule has 0 bridgehead atoms. The minimum Gasteiger partial charge on any atom is -0.480 e. The van der Waals surface area contributed by atoms with E-state index < -0.39 is 23.7 Å². The summed E-state index contributed by atoms with van der Waals surface area (Å²) < 4.78 is 5.12. The number of aliphatic carboxylic acids is 1. The fourth-order valence-electron chi connectivity index (χ4n) is 2.54. The van der Waals surface area contributed by atoms with Gasteiger partial charge in [0.15, 0.2) is 0 Å². The van der Waals surface area contributed by atoms with Crippen molar-refractivity contribution in [3.05, 3.63) is 0 Å². The van der Waals surface area contributed by atoms with Crippen molar-refractivity contribution in [1.29, 1.82) is 0 Å². The predicted octanol–water partition coefficient (Wildman–Crippen LogP) is 2.09. The lowest BCUT2D eigenvalue weighted by molar-refractivity contribution is -0.140. The minimum atomic E-state index is -1.00. The number of alkyl carbamates (subject to hydrolysis) is 1. The zero-order valence-corrected chi connectivity index (χ0v) is 13.5. The van der Waals surface area contributed by atoms with Gasteiger partial charge in [-0.2, -0.15) is 0 Å². The maximum absolute atomic E-state index is 11.7. The number of rotatable bonds is 5. The zero-order chi connectivity index (χ0) is 16.0. The molecule has 6 nitrogen and oxygen atoms in total. The Balaban J connectivity index is 2.47. The molecular formula is C15H28N2O4. The smallest absolute Gasteiger partial charge is 0.408 e. The molecule has 21 heavy (non-hydrogen) atoms. The summed E-state index contributed by atoms with van der Waals surface area (Å²) in [5.41, 5.74) is -0.625. The van der Waals surface area contributed by atoms with Gasteiger partial charge in [-0.05, 0) is 65.6 Å². The van der Waals surface area contributed by atoms with Crippen molar-refractivity contribution in [2.75, 3.05) is 19.6 Å². The lowest BCUT2D eigenvalue weighted by Crippen LogP contribution is -2.45. The Morgan fingerprint density at radius 2 is 1.90 bits per heavy atom. The fraction of sp³-hybridized carbons (Fsp3) is 0.867. The standard InChI is InChI=1S/C15H28N2O4/c1-5-17-8-6-11(7-9-17)10-12(13(18)19)16-14(20)21-15(2,3)4/h11-12H,5-10H2,1-4H3,(H,16,20)(H,18,19). The molecule has 1 heterocycles. The molecule has 1 atom stereocenters. The highest BCUT2D eigenvalue weighted by atomic mass is 16.6. The normalized spacial score (nSPS) is 19.0. The van der Waals surface area contributed by atoms with Gasteiger partial charge in [0.2, 0.25) is 0 Å². The first kappa shape index (κ1) is 17.8. The monoisotopic (exact) mass is 300 g/mol. The van der Waals surface area contributed by atoms with Crippen molar-refractivity contribution in [1.82, 2.24) is 10.2 Å². The first-order valence-corrected chi connectivity index (χ1v) is 7.66. The molecule has 1 saturated heterocycles. The molecule has 6 heteroatoms. The van der Waals surface area contributed by atoms with Gasteiger partial charge < -0.3 is 20.1 Å². The highest BCUT2D eigenvalue weighted by molar-refractivity contribution is 5.80. The highest BCUT2D eigenvalue weighted by Gasteiger charge is 2.28. The average Bonchev–Trinajstić information content (AvgIpc) is 2.36. The predicted molar refractivity (Wildman–Crippen MR) is 80.2 cm³/mol. The van der Waals surface area contributed by atoms with Crippen molar-refractivity contribution in [3.8, 4) is 0 Å². The second-order valence-electron chi connectivity index (χ2n) is 6.65. The number of nitrogens with one attached hydrogen (secondary N) is 1. The van der Waals surface area contributed by atoms with Crippen LogP contribution in [-0.4, -0.2) is 53.3 Å². The summed E-state index contributed by atoms with van der Waals surface area (Å²) in [5.74, 6) is -0.664. The van der Waals surface area contributed by atoms with Gasteiger partial charge in [0.1, 0.15) is 11.6 Å². The number of amides is 1. The minimum absolute atomic E-state index is 0.337. The second-order valence-corrected chi connectivity index (χ2v) is 6.65. The van der Waals surface area contributed by atoms with Gasteiger partial charge in [0.05, 0.1) is 0 Å². The third-order valence-electron chi connectivity index (χ3n) is 3.71. The van der Waals surface area contributed by atoms with Gasteiger partial charge in [-0.3, -0.25) is 0 Å². The van der Waals surface area contributed by atoms with Crippen molar-refractivity contribution in [2.45, 2.75) is 58.6 Å². The average molecular weight is 300 g/mol. The molecule has 0 radical (unpaired) electrons. The van der Waals surface area contributed by atoms with Crippen molar-refractivity contribution >= 4 is 12.1 Å². The van der Waals surface area contributed by atoms with Crippen LogP contribution in [0.5, 0.6) is 0 Å². The van der Waals surface area contributed by atoms with E-state index in [4.69, 9.17) is 4.74 Å². The molecule has 1 unspecified atom stereocenters. The number of nitrogens with zero attached hydrogens (tertiary/aromatic N) is 1. The summed E-state index contributed by atoms with van der Waals surface area (Å²) in [7, 11) is 0. The molecular weight excluding hydrogens is 272 g/mol. The summed E-state index contributed by atoms with van der Waals surface area (Å²) in [4.78, 5) is 25.4. The molecule has 1 rings (SSSR count). The Labute approximate surface area is 126 Å². The molecule has 0 aliphatic carbocycles. The number of carbonyl (C=O) groups excluding carboxylic acids is 1. The molecule has 2 N–H and O–H groups in total. The number of carbonyl (C=O) groups is 2. The van der Waals surface area contributed by atoms with Crippen LogP contribution in [0.25, 0.3) is 0 Å². The number of likely N-dealkylation sites (tertiary alicyclic amines) is 1. The topological polar surface area (TPSA) is 78.9 Å². The van der Waals surface area contributed by atoms with Crippen LogP contribution in [0.1, 0.15) is 47.0 Å². The summed E-state index contributed by atoms with van der Waals surface area (Å²) in [6.45, 7) is 10.4. The molecule has 0 spiro atoms. The van der Waals surface area contributed by atoms with E-state index in [1.165, 1.54) is 0 Å². The van der Waals surface area contributed by atoms with Crippen molar-refractivity contribution < 1.29 is 19.4 Å².